The number of piperazine rings is 1. The smallest absolute Gasteiger partial charge is 0.246 e. The third-order valence-electron chi connectivity index (χ3n) is 4.86. The molecule has 0 aromatic rings. The van der Waals surface area contributed by atoms with Crippen LogP contribution in [0.5, 0.6) is 0 Å². The van der Waals surface area contributed by atoms with Crippen molar-refractivity contribution in [2.24, 2.45) is 5.92 Å². The molecule has 2 atom stereocenters. The second-order valence-corrected chi connectivity index (χ2v) is 6.02. The van der Waals surface area contributed by atoms with Crippen molar-refractivity contribution in [3.63, 3.8) is 0 Å². The van der Waals surface area contributed by atoms with Crippen molar-refractivity contribution in [3.05, 3.63) is 0 Å². The molecule has 5 nitrogen and oxygen atoms in total. The van der Waals surface area contributed by atoms with Crippen LogP contribution in [0, 0.1) is 5.92 Å². The van der Waals surface area contributed by atoms with E-state index in [4.69, 9.17) is 4.74 Å². The van der Waals surface area contributed by atoms with Crippen LogP contribution in [0.25, 0.3) is 0 Å². The van der Waals surface area contributed by atoms with Crippen LogP contribution in [-0.2, 0) is 14.3 Å². The van der Waals surface area contributed by atoms with Gasteiger partial charge in [-0.05, 0) is 38.5 Å². The third-order valence-corrected chi connectivity index (χ3v) is 4.86. The molecule has 5 heteroatoms. The van der Waals surface area contributed by atoms with E-state index in [2.05, 4.69) is 5.32 Å². The topological polar surface area (TPSA) is 58.6 Å². The number of nitrogens with one attached hydrogen (secondary N) is 1. The average molecular weight is 282 g/mol. The number of amides is 2. The van der Waals surface area contributed by atoms with E-state index in [1.54, 1.807) is 12.0 Å². The van der Waals surface area contributed by atoms with Crippen LogP contribution in [0.4, 0.5) is 0 Å². The zero-order valence-electron chi connectivity index (χ0n) is 12.9. The zero-order chi connectivity index (χ0) is 14.9. The summed E-state index contributed by atoms with van der Waals surface area (Å²) in [6.45, 7) is 6.35. The highest BCUT2D eigenvalue weighted by atomic mass is 16.5. The molecule has 1 saturated heterocycles. The van der Waals surface area contributed by atoms with Gasteiger partial charge in [-0.15, -0.1) is 0 Å². The van der Waals surface area contributed by atoms with Crippen LogP contribution in [0.1, 0.15) is 46.5 Å². The Hall–Kier alpha value is -1.10. The van der Waals surface area contributed by atoms with Gasteiger partial charge in [-0.2, -0.15) is 0 Å². The van der Waals surface area contributed by atoms with Crippen molar-refractivity contribution in [2.75, 3.05) is 13.7 Å². The lowest BCUT2D eigenvalue weighted by Gasteiger charge is -2.48. The van der Waals surface area contributed by atoms with Crippen molar-refractivity contribution in [2.45, 2.75) is 64.1 Å². The Morgan fingerprint density at radius 2 is 1.95 bits per heavy atom. The van der Waals surface area contributed by atoms with Gasteiger partial charge in [-0.25, -0.2) is 0 Å². The van der Waals surface area contributed by atoms with Crippen LogP contribution >= 0.6 is 0 Å². The van der Waals surface area contributed by atoms with Crippen molar-refractivity contribution >= 4 is 11.8 Å². The summed E-state index contributed by atoms with van der Waals surface area (Å²) in [5, 5.41) is 2.97. The minimum atomic E-state index is -0.713. The van der Waals surface area contributed by atoms with Crippen LogP contribution in [0.2, 0.25) is 0 Å². The first-order chi connectivity index (χ1) is 9.50. The van der Waals surface area contributed by atoms with Gasteiger partial charge in [0.1, 0.15) is 11.6 Å². The van der Waals surface area contributed by atoms with Gasteiger partial charge in [0.15, 0.2) is 0 Å². The predicted octanol–water partition coefficient (Wildman–Crippen LogP) is 1.32. The van der Waals surface area contributed by atoms with Crippen LogP contribution < -0.4 is 5.32 Å². The molecule has 114 valence electrons. The van der Waals surface area contributed by atoms with E-state index in [1.165, 1.54) is 0 Å². The van der Waals surface area contributed by atoms with E-state index >= 15 is 0 Å². The Balaban J connectivity index is 2.29. The molecule has 1 aliphatic heterocycles. The van der Waals surface area contributed by atoms with Crippen molar-refractivity contribution in [1.82, 2.24) is 10.2 Å². The lowest BCUT2D eigenvalue weighted by molar-refractivity contribution is -0.161. The SMILES string of the molecule is CCC1(CC)C(=O)NC(C2CC2)C(=O)N1CC(C)OC. The van der Waals surface area contributed by atoms with E-state index in [0.29, 0.717) is 25.3 Å². The molecule has 0 aromatic carbocycles. The van der Waals surface area contributed by atoms with Gasteiger partial charge >= 0.3 is 0 Å². The molecular weight excluding hydrogens is 256 g/mol. The molecule has 2 amide bonds. The maximum Gasteiger partial charge on any atom is 0.246 e. The summed E-state index contributed by atoms with van der Waals surface area (Å²) in [5.74, 6) is 0.403. The minimum Gasteiger partial charge on any atom is -0.380 e. The molecule has 1 saturated carbocycles. The molecule has 0 bridgehead atoms. The van der Waals surface area contributed by atoms with Crippen LogP contribution in [0.3, 0.4) is 0 Å². The minimum absolute atomic E-state index is 0.00213. The van der Waals surface area contributed by atoms with Gasteiger partial charge in [0.05, 0.1) is 6.10 Å². The first-order valence-electron chi connectivity index (χ1n) is 7.65. The number of methoxy groups -OCH3 is 1. The predicted molar refractivity (Wildman–Crippen MR) is 76.2 cm³/mol. The molecular formula is C15H26N2O3. The number of carbonyl (C=O) groups is 2. The van der Waals surface area contributed by atoms with E-state index in [0.717, 1.165) is 12.8 Å². The lowest BCUT2D eigenvalue weighted by atomic mass is 9.85. The van der Waals surface area contributed by atoms with Gasteiger partial charge in [-0.1, -0.05) is 13.8 Å². The first kappa shape index (κ1) is 15.3. The summed E-state index contributed by atoms with van der Waals surface area (Å²) in [5.41, 5.74) is -0.713. The Labute approximate surface area is 121 Å². The number of rotatable bonds is 6. The van der Waals surface area contributed by atoms with E-state index in [1.807, 2.05) is 20.8 Å². The average Bonchev–Trinajstić information content (AvgIpc) is 3.27. The first-order valence-corrected chi connectivity index (χ1v) is 7.65. The molecule has 0 spiro atoms. The highest BCUT2D eigenvalue weighted by Gasteiger charge is 2.53. The number of carbonyl (C=O) groups excluding carboxylic acids is 2. The maximum absolute atomic E-state index is 12.8. The Morgan fingerprint density at radius 3 is 2.40 bits per heavy atom. The fourth-order valence-corrected chi connectivity index (χ4v) is 3.14. The molecule has 2 rings (SSSR count). The normalized spacial score (nSPS) is 27.4. The second kappa shape index (κ2) is 5.72. The molecule has 20 heavy (non-hydrogen) atoms. The number of nitrogens with zero attached hydrogens (tertiary/aromatic N) is 1. The van der Waals surface area contributed by atoms with E-state index < -0.39 is 5.54 Å². The Bertz CT molecular complexity index is 389. The molecule has 2 unspecified atom stereocenters. The molecule has 0 aromatic heterocycles. The van der Waals surface area contributed by atoms with Crippen molar-refractivity contribution in [3.8, 4) is 0 Å². The molecule has 1 heterocycles. The molecule has 1 aliphatic carbocycles. The van der Waals surface area contributed by atoms with Crippen LogP contribution in [0.15, 0.2) is 0 Å². The van der Waals surface area contributed by atoms with Gasteiger partial charge < -0.3 is 15.0 Å². The fourth-order valence-electron chi connectivity index (χ4n) is 3.14. The van der Waals surface area contributed by atoms with Crippen molar-refractivity contribution in [1.29, 1.82) is 0 Å². The highest BCUT2D eigenvalue weighted by molar-refractivity contribution is 6.00. The summed E-state index contributed by atoms with van der Waals surface area (Å²) in [7, 11) is 1.64. The molecule has 2 fully saturated rings. The maximum atomic E-state index is 12.8. The van der Waals surface area contributed by atoms with Crippen molar-refractivity contribution < 1.29 is 14.3 Å². The van der Waals surface area contributed by atoms with E-state index in [-0.39, 0.29) is 24.0 Å². The zero-order valence-corrected chi connectivity index (χ0v) is 12.9. The fraction of sp³-hybridized carbons (Fsp3) is 0.867. The summed E-state index contributed by atoms with van der Waals surface area (Å²) >= 11 is 0. The molecule has 2 aliphatic rings. The Morgan fingerprint density at radius 1 is 1.35 bits per heavy atom. The standard InChI is InChI=1S/C15H26N2O3/c1-5-15(6-2)14(19)16-12(11-7-8-11)13(18)17(15)9-10(3)20-4/h10-12H,5-9H2,1-4H3,(H,16,19). The quantitative estimate of drug-likeness (QED) is 0.799. The number of ether oxygens (including phenoxy) is 1. The van der Waals surface area contributed by atoms with Gasteiger partial charge in [0.2, 0.25) is 11.8 Å². The molecule has 0 radical (unpaired) electrons. The van der Waals surface area contributed by atoms with E-state index in [9.17, 15) is 9.59 Å². The Kier molecular flexibility index (Phi) is 4.37. The molecule has 1 N–H and O–H groups in total. The van der Waals surface area contributed by atoms with Gasteiger partial charge in [-0.3, -0.25) is 9.59 Å². The number of hydrogen-bond acceptors (Lipinski definition) is 3. The summed E-state index contributed by atoms with van der Waals surface area (Å²) in [6, 6.07) is -0.321. The second-order valence-electron chi connectivity index (χ2n) is 6.02. The van der Waals surface area contributed by atoms with Gasteiger partial charge in [0.25, 0.3) is 0 Å². The summed E-state index contributed by atoms with van der Waals surface area (Å²) < 4.78 is 5.30. The van der Waals surface area contributed by atoms with Crippen LogP contribution in [-0.4, -0.2) is 48.1 Å². The number of hydrogen-bond donors (Lipinski definition) is 1. The highest BCUT2D eigenvalue weighted by Crippen LogP contribution is 2.38. The van der Waals surface area contributed by atoms with Gasteiger partial charge in [0, 0.05) is 13.7 Å². The summed E-state index contributed by atoms with van der Waals surface area (Å²) in [6.07, 6.45) is 3.27. The largest absolute Gasteiger partial charge is 0.380 e. The lowest BCUT2D eigenvalue weighted by Crippen LogP contribution is -2.71. The third kappa shape index (κ3) is 2.43. The monoisotopic (exact) mass is 282 g/mol. The summed E-state index contributed by atoms with van der Waals surface area (Å²) in [4.78, 5) is 27.2.